The highest BCUT2D eigenvalue weighted by Crippen LogP contribution is 2.29. The Labute approximate surface area is 99.5 Å². The molecule has 2 aromatic rings. The molecule has 82 valence electrons. The molecule has 1 aliphatic heterocycles. The van der Waals surface area contributed by atoms with Crippen molar-refractivity contribution in [2.45, 2.75) is 16.6 Å². The molecule has 1 aromatic carbocycles. The van der Waals surface area contributed by atoms with Crippen molar-refractivity contribution in [3.05, 3.63) is 36.7 Å². The maximum Gasteiger partial charge on any atom is 0.0346 e. The zero-order chi connectivity index (χ0) is 10.8. The maximum absolute atomic E-state index is 4.16. The molecule has 3 rings (SSSR count). The van der Waals surface area contributed by atoms with E-state index >= 15 is 0 Å². The summed E-state index contributed by atoms with van der Waals surface area (Å²) < 4.78 is 0. The smallest absolute Gasteiger partial charge is 0.0346 e. The van der Waals surface area contributed by atoms with Gasteiger partial charge in [-0.2, -0.15) is 0 Å². The van der Waals surface area contributed by atoms with Crippen LogP contribution in [0.5, 0.6) is 0 Å². The van der Waals surface area contributed by atoms with Crippen molar-refractivity contribution in [1.82, 2.24) is 10.3 Å². The quantitative estimate of drug-likeness (QED) is 0.858. The lowest BCUT2D eigenvalue weighted by Gasteiger charge is -2.08. The Kier molecular flexibility index (Phi) is 2.80. The number of nitrogens with zero attached hydrogens (tertiary/aromatic N) is 1. The van der Waals surface area contributed by atoms with Crippen molar-refractivity contribution in [3.63, 3.8) is 0 Å². The summed E-state index contributed by atoms with van der Waals surface area (Å²) in [5, 5.41) is 6.63. The Hall–Kier alpha value is -1.06. The van der Waals surface area contributed by atoms with Crippen LogP contribution in [0.25, 0.3) is 10.8 Å². The Bertz CT molecular complexity index is 492. The summed E-state index contributed by atoms with van der Waals surface area (Å²) in [7, 11) is 0. The van der Waals surface area contributed by atoms with E-state index in [9.17, 15) is 0 Å². The van der Waals surface area contributed by atoms with Gasteiger partial charge in [-0.25, -0.2) is 0 Å². The van der Waals surface area contributed by atoms with Crippen LogP contribution in [0.4, 0.5) is 0 Å². The molecule has 16 heavy (non-hydrogen) atoms. The molecular weight excluding hydrogens is 216 g/mol. The lowest BCUT2D eigenvalue weighted by molar-refractivity contribution is 0.858. The molecule has 0 spiro atoms. The first-order valence-corrected chi connectivity index (χ1v) is 6.51. The largest absolute Gasteiger partial charge is 0.316 e. The van der Waals surface area contributed by atoms with E-state index in [1.165, 1.54) is 22.1 Å². The molecule has 1 fully saturated rings. The normalized spacial score (nSPS) is 20.4. The van der Waals surface area contributed by atoms with E-state index in [4.69, 9.17) is 0 Å². The number of pyridine rings is 1. The lowest BCUT2D eigenvalue weighted by atomic mass is 10.2. The van der Waals surface area contributed by atoms with E-state index < -0.39 is 0 Å². The fourth-order valence-corrected chi connectivity index (χ4v) is 3.22. The van der Waals surface area contributed by atoms with Gasteiger partial charge < -0.3 is 5.32 Å². The Morgan fingerprint density at radius 1 is 1.25 bits per heavy atom. The van der Waals surface area contributed by atoms with Gasteiger partial charge in [-0.15, -0.1) is 11.8 Å². The minimum Gasteiger partial charge on any atom is -0.316 e. The van der Waals surface area contributed by atoms with Crippen LogP contribution in [0, 0.1) is 0 Å². The fourth-order valence-electron chi connectivity index (χ4n) is 2.06. The number of fused-ring (bicyclic) bond motifs is 1. The third-order valence-corrected chi connectivity index (χ3v) is 4.19. The van der Waals surface area contributed by atoms with Gasteiger partial charge in [0.15, 0.2) is 0 Å². The average molecular weight is 230 g/mol. The van der Waals surface area contributed by atoms with Gasteiger partial charge in [0.25, 0.3) is 0 Å². The van der Waals surface area contributed by atoms with Crippen molar-refractivity contribution in [1.29, 1.82) is 0 Å². The maximum atomic E-state index is 4.16. The predicted molar refractivity (Wildman–Crippen MR) is 68.9 cm³/mol. The second-order valence-electron chi connectivity index (χ2n) is 4.12. The Morgan fingerprint density at radius 3 is 3.12 bits per heavy atom. The first kappa shape index (κ1) is 10.1. The highest BCUT2D eigenvalue weighted by atomic mass is 32.2. The van der Waals surface area contributed by atoms with Crippen LogP contribution in [0.2, 0.25) is 0 Å². The highest BCUT2D eigenvalue weighted by Gasteiger charge is 2.15. The molecule has 0 radical (unpaired) electrons. The van der Waals surface area contributed by atoms with Crippen molar-refractivity contribution >= 4 is 22.5 Å². The van der Waals surface area contributed by atoms with Crippen molar-refractivity contribution < 1.29 is 0 Å². The van der Waals surface area contributed by atoms with E-state index in [0.29, 0.717) is 0 Å². The second-order valence-corrected chi connectivity index (χ2v) is 5.49. The molecule has 1 atom stereocenters. The van der Waals surface area contributed by atoms with Crippen molar-refractivity contribution in [2.24, 2.45) is 0 Å². The highest BCUT2D eigenvalue weighted by molar-refractivity contribution is 8.00. The van der Waals surface area contributed by atoms with Gasteiger partial charge in [-0.05, 0) is 36.6 Å². The first-order chi connectivity index (χ1) is 7.92. The van der Waals surface area contributed by atoms with Gasteiger partial charge in [0.05, 0.1) is 0 Å². The molecule has 2 nitrogen and oxygen atoms in total. The van der Waals surface area contributed by atoms with E-state index in [2.05, 4.69) is 34.6 Å². The molecule has 2 heterocycles. The van der Waals surface area contributed by atoms with Gasteiger partial charge >= 0.3 is 0 Å². The minimum absolute atomic E-state index is 0.731. The standard InChI is InChI=1S/C13H14N2S/c1-2-12(16-13-4-6-15-9-13)7-11-8-14-5-3-10(1)11/h1-3,5,7-8,13,15H,4,6,9H2. The average Bonchev–Trinajstić information content (AvgIpc) is 2.82. The summed E-state index contributed by atoms with van der Waals surface area (Å²) in [4.78, 5) is 5.52. The van der Waals surface area contributed by atoms with Gasteiger partial charge in [0.2, 0.25) is 0 Å². The Balaban J connectivity index is 1.86. The van der Waals surface area contributed by atoms with Gasteiger partial charge in [0.1, 0.15) is 0 Å². The van der Waals surface area contributed by atoms with E-state index in [1.54, 1.807) is 0 Å². The second kappa shape index (κ2) is 4.44. The van der Waals surface area contributed by atoms with Crippen LogP contribution in [0.3, 0.4) is 0 Å². The van der Waals surface area contributed by atoms with Crippen molar-refractivity contribution in [3.8, 4) is 0 Å². The summed E-state index contributed by atoms with van der Waals surface area (Å²) in [6, 6.07) is 8.69. The SMILES string of the molecule is c1cc2ccc(SC3CCNC3)cc2cn1. The molecule has 1 unspecified atom stereocenters. The van der Waals surface area contributed by atoms with Crippen LogP contribution >= 0.6 is 11.8 Å². The first-order valence-electron chi connectivity index (χ1n) is 5.63. The molecule has 1 aromatic heterocycles. The van der Waals surface area contributed by atoms with Crippen LogP contribution in [-0.2, 0) is 0 Å². The molecule has 0 aliphatic carbocycles. The number of rotatable bonds is 2. The van der Waals surface area contributed by atoms with Crippen LogP contribution in [0.1, 0.15) is 6.42 Å². The number of aromatic nitrogens is 1. The number of hydrogen-bond donors (Lipinski definition) is 1. The van der Waals surface area contributed by atoms with Gasteiger partial charge in [0, 0.05) is 34.5 Å². The fraction of sp³-hybridized carbons (Fsp3) is 0.308. The lowest BCUT2D eigenvalue weighted by Crippen LogP contribution is -2.09. The zero-order valence-corrected chi connectivity index (χ0v) is 9.83. The number of benzene rings is 1. The Morgan fingerprint density at radius 2 is 2.25 bits per heavy atom. The molecule has 1 saturated heterocycles. The third-order valence-electron chi connectivity index (χ3n) is 2.93. The molecule has 0 bridgehead atoms. The third kappa shape index (κ3) is 2.06. The van der Waals surface area contributed by atoms with Crippen LogP contribution in [0.15, 0.2) is 41.6 Å². The summed E-state index contributed by atoms with van der Waals surface area (Å²) in [5.41, 5.74) is 0. The van der Waals surface area contributed by atoms with Gasteiger partial charge in [-0.3, -0.25) is 4.98 Å². The minimum atomic E-state index is 0.731. The number of thioether (sulfide) groups is 1. The predicted octanol–water partition coefficient (Wildman–Crippen LogP) is 2.69. The van der Waals surface area contributed by atoms with Gasteiger partial charge in [-0.1, -0.05) is 6.07 Å². The van der Waals surface area contributed by atoms with Crippen molar-refractivity contribution in [2.75, 3.05) is 13.1 Å². The van der Waals surface area contributed by atoms with E-state index in [-0.39, 0.29) is 0 Å². The summed E-state index contributed by atoms with van der Waals surface area (Å²) in [6.07, 6.45) is 5.05. The summed E-state index contributed by atoms with van der Waals surface area (Å²) >= 11 is 1.98. The molecule has 0 saturated carbocycles. The molecule has 3 heteroatoms. The monoisotopic (exact) mass is 230 g/mol. The molecule has 1 aliphatic rings. The summed E-state index contributed by atoms with van der Waals surface area (Å²) in [6.45, 7) is 2.29. The van der Waals surface area contributed by atoms with Crippen LogP contribution < -0.4 is 5.32 Å². The topological polar surface area (TPSA) is 24.9 Å². The zero-order valence-electron chi connectivity index (χ0n) is 9.02. The number of nitrogens with one attached hydrogen (secondary N) is 1. The molecule has 0 amide bonds. The molecular formula is C13H14N2S. The van der Waals surface area contributed by atoms with Crippen LogP contribution in [-0.4, -0.2) is 23.3 Å². The number of hydrogen-bond acceptors (Lipinski definition) is 3. The molecule has 1 N–H and O–H groups in total. The van der Waals surface area contributed by atoms with E-state index in [0.717, 1.165) is 18.3 Å². The summed E-state index contributed by atoms with van der Waals surface area (Å²) in [5.74, 6) is 0. The van der Waals surface area contributed by atoms with E-state index in [1.807, 2.05) is 24.2 Å².